The van der Waals surface area contributed by atoms with Crippen molar-refractivity contribution in [1.29, 1.82) is 0 Å². The normalized spacial score (nSPS) is 36.3. The molecule has 0 aromatic rings. The van der Waals surface area contributed by atoms with E-state index in [0.29, 0.717) is 24.4 Å². The fourth-order valence-corrected chi connectivity index (χ4v) is 5.56. The predicted octanol–water partition coefficient (Wildman–Crippen LogP) is 5.13. The van der Waals surface area contributed by atoms with E-state index in [2.05, 4.69) is 33.8 Å². The Labute approximate surface area is 154 Å². The quantitative estimate of drug-likeness (QED) is 0.511. The number of allylic oxidation sites excluding steroid dienone is 1. The molecule has 3 nitrogen and oxygen atoms in total. The lowest BCUT2D eigenvalue weighted by Crippen LogP contribution is -2.53. The van der Waals surface area contributed by atoms with Crippen LogP contribution in [0.1, 0.15) is 79.6 Å². The van der Waals surface area contributed by atoms with Crippen LogP contribution in [0.3, 0.4) is 0 Å². The van der Waals surface area contributed by atoms with Gasteiger partial charge in [0, 0.05) is 18.9 Å². The van der Waals surface area contributed by atoms with Crippen molar-refractivity contribution in [1.82, 2.24) is 0 Å². The summed E-state index contributed by atoms with van der Waals surface area (Å²) >= 11 is 0. The number of rotatable bonds is 7. The van der Waals surface area contributed by atoms with Crippen LogP contribution >= 0.6 is 0 Å². The summed E-state index contributed by atoms with van der Waals surface area (Å²) in [6.45, 7) is 11.8. The van der Waals surface area contributed by atoms with Gasteiger partial charge in [-0.3, -0.25) is 4.79 Å². The largest absolute Gasteiger partial charge is 0.465 e. The second kappa shape index (κ2) is 8.24. The minimum Gasteiger partial charge on any atom is -0.465 e. The van der Waals surface area contributed by atoms with E-state index in [9.17, 15) is 9.90 Å². The SMILES string of the molecule is CC(=O)OC[C@]12CC[C@H](C)[C@@](C)(CC[C@H](C)CCO)[C@@H]1CCC=C2C. The molecule has 0 saturated heterocycles. The van der Waals surface area contributed by atoms with Gasteiger partial charge in [0.25, 0.3) is 0 Å². The van der Waals surface area contributed by atoms with Gasteiger partial charge in [0.15, 0.2) is 0 Å². The number of fused-ring (bicyclic) bond motifs is 1. The minimum absolute atomic E-state index is 0.0331. The Morgan fingerprint density at radius 2 is 2.12 bits per heavy atom. The predicted molar refractivity (Wildman–Crippen MR) is 102 cm³/mol. The molecule has 0 radical (unpaired) electrons. The number of esters is 1. The Bertz CT molecular complexity index is 498. The Kier molecular flexibility index (Phi) is 6.75. The number of hydrogen-bond acceptors (Lipinski definition) is 3. The molecule has 2 aliphatic rings. The lowest BCUT2D eigenvalue weighted by Gasteiger charge is -2.59. The highest BCUT2D eigenvalue weighted by molar-refractivity contribution is 5.66. The van der Waals surface area contributed by atoms with Gasteiger partial charge in [-0.1, -0.05) is 38.8 Å². The summed E-state index contributed by atoms with van der Waals surface area (Å²) in [5, 5.41) is 9.22. The smallest absolute Gasteiger partial charge is 0.302 e. The number of ether oxygens (including phenoxy) is 1. The van der Waals surface area contributed by atoms with Crippen molar-refractivity contribution in [2.75, 3.05) is 13.2 Å². The zero-order valence-electron chi connectivity index (χ0n) is 16.9. The van der Waals surface area contributed by atoms with E-state index < -0.39 is 0 Å². The molecule has 0 amide bonds. The summed E-state index contributed by atoms with van der Waals surface area (Å²) < 4.78 is 5.59. The number of aliphatic hydroxyl groups excluding tert-OH is 1. The van der Waals surface area contributed by atoms with Gasteiger partial charge >= 0.3 is 5.97 Å². The second-order valence-corrected chi connectivity index (χ2v) is 9.06. The summed E-state index contributed by atoms with van der Waals surface area (Å²) in [4.78, 5) is 11.5. The number of hydrogen-bond donors (Lipinski definition) is 1. The fourth-order valence-electron chi connectivity index (χ4n) is 5.56. The average molecular weight is 351 g/mol. The van der Waals surface area contributed by atoms with Crippen LogP contribution < -0.4 is 0 Å². The monoisotopic (exact) mass is 350 g/mol. The van der Waals surface area contributed by atoms with E-state index in [1.807, 2.05) is 0 Å². The first-order chi connectivity index (χ1) is 11.8. The van der Waals surface area contributed by atoms with E-state index in [1.165, 1.54) is 38.2 Å². The molecular weight excluding hydrogens is 312 g/mol. The van der Waals surface area contributed by atoms with E-state index in [1.54, 1.807) is 0 Å². The molecule has 2 aliphatic carbocycles. The Morgan fingerprint density at radius 1 is 1.40 bits per heavy atom. The molecule has 0 unspecified atom stereocenters. The molecule has 25 heavy (non-hydrogen) atoms. The van der Waals surface area contributed by atoms with Gasteiger partial charge in [-0.05, 0) is 68.6 Å². The van der Waals surface area contributed by atoms with E-state index in [4.69, 9.17) is 4.74 Å². The van der Waals surface area contributed by atoms with Crippen LogP contribution in [0.5, 0.6) is 0 Å². The molecular formula is C22H38O3. The van der Waals surface area contributed by atoms with Gasteiger partial charge in [0.05, 0.1) is 0 Å². The minimum atomic E-state index is -0.164. The standard InChI is InChI=1S/C22H38O3/c1-16(11-14-23)9-12-21(5)17(2)10-13-22(15-25-19(4)24)18(3)7-6-8-20(21)22/h7,16-17,20,23H,6,8-15H2,1-5H3/t16-,17-,20-,21+,22-/m0/s1. The van der Waals surface area contributed by atoms with Crippen LogP contribution in [-0.2, 0) is 9.53 Å². The summed E-state index contributed by atoms with van der Waals surface area (Å²) in [6, 6.07) is 0. The lowest BCUT2D eigenvalue weighted by atomic mass is 9.46. The maximum atomic E-state index is 11.5. The third-order valence-corrected chi connectivity index (χ3v) is 7.63. The maximum absolute atomic E-state index is 11.5. The Balaban J connectivity index is 2.26. The first kappa shape index (κ1) is 20.5. The van der Waals surface area contributed by atoms with Crippen molar-refractivity contribution in [2.45, 2.75) is 79.6 Å². The van der Waals surface area contributed by atoms with Gasteiger partial charge in [-0.25, -0.2) is 0 Å². The van der Waals surface area contributed by atoms with Crippen LogP contribution in [0.15, 0.2) is 11.6 Å². The molecule has 0 aromatic heterocycles. The molecule has 0 bridgehead atoms. The summed E-state index contributed by atoms with van der Waals surface area (Å²) in [5.74, 6) is 1.67. The highest BCUT2D eigenvalue weighted by atomic mass is 16.5. The van der Waals surface area contributed by atoms with Crippen LogP contribution in [0.25, 0.3) is 0 Å². The molecule has 0 spiro atoms. The third-order valence-electron chi connectivity index (χ3n) is 7.63. The molecule has 5 atom stereocenters. The van der Waals surface area contributed by atoms with Crippen LogP contribution in [0.2, 0.25) is 0 Å². The molecule has 0 aliphatic heterocycles. The maximum Gasteiger partial charge on any atom is 0.302 e. The molecule has 0 heterocycles. The lowest BCUT2D eigenvalue weighted by molar-refractivity contribution is -0.151. The van der Waals surface area contributed by atoms with Gasteiger partial charge < -0.3 is 9.84 Å². The topological polar surface area (TPSA) is 46.5 Å². The second-order valence-electron chi connectivity index (χ2n) is 9.06. The Hall–Kier alpha value is -0.830. The third kappa shape index (κ3) is 4.13. The summed E-state index contributed by atoms with van der Waals surface area (Å²) in [5.41, 5.74) is 1.75. The Morgan fingerprint density at radius 3 is 2.76 bits per heavy atom. The molecule has 1 N–H and O–H groups in total. The zero-order valence-corrected chi connectivity index (χ0v) is 16.9. The van der Waals surface area contributed by atoms with Gasteiger partial charge in [-0.2, -0.15) is 0 Å². The van der Waals surface area contributed by atoms with Crippen molar-refractivity contribution in [3.05, 3.63) is 11.6 Å². The fraction of sp³-hybridized carbons (Fsp3) is 0.864. The zero-order chi connectivity index (χ0) is 18.7. The summed E-state index contributed by atoms with van der Waals surface area (Å²) in [7, 11) is 0. The van der Waals surface area contributed by atoms with Gasteiger partial charge in [-0.15, -0.1) is 0 Å². The van der Waals surface area contributed by atoms with Gasteiger partial charge in [0.2, 0.25) is 0 Å². The van der Waals surface area contributed by atoms with Crippen LogP contribution in [-0.4, -0.2) is 24.3 Å². The van der Waals surface area contributed by atoms with Crippen LogP contribution in [0.4, 0.5) is 0 Å². The highest BCUT2D eigenvalue weighted by Gasteiger charge is 2.55. The van der Waals surface area contributed by atoms with Crippen molar-refractivity contribution in [2.24, 2.45) is 28.6 Å². The number of carbonyl (C=O) groups excluding carboxylic acids is 1. The molecule has 144 valence electrons. The van der Waals surface area contributed by atoms with Crippen LogP contribution in [0, 0.1) is 28.6 Å². The number of carbonyl (C=O) groups is 1. The van der Waals surface area contributed by atoms with E-state index in [-0.39, 0.29) is 23.4 Å². The molecule has 0 aromatic carbocycles. The highest BCUT2D eigenvalue weighted by Crippen LogP contribution is 2.62. The first-order valence-corrected chi connectivity index (χ1v) is 10.2. The number of aliphatic hydroxyl groups is 1. The van der Waals surface area contributed by atoms with Crippen molar-refractivity contribution in [3.63, 3.8) is 0 Å². The van der Waals surface area contributed by atoms with Crippen molar-refractivity contribution >= 4 is 5.97 Å². The van der Waals surface area contributed by atoms with Crippen molar-refractivity contribution < 1.29 is 14.6 Å². The van der Waals surface area contributed by atoms with E-state index >= 15 is 0 Å². The van der Waals surface area contributed by atoms with Gasteiger partial charge in [0.1, 0.15) is 6.61 Å². The first-order valence-electron chi connectivity index (χ1n) is 10.2. The molecule has 1 saturated carbocycles. The van der Waals surface area contributed by atoms with Crippen molar-refractivity contribution in [3.8, 4) is 0 Å². The summed E-state index contributed by atoms with van der Waals surface area (Å²) in [6.07, 6.45) is 10.3. The molecule has 2 rings (SSSR count). The molecule has 3 heteroatoms. The average Bonchev–Trinajstić information content (AvgIpc) is 2.56. The van der Waals surface area contributed by atoms with E-state index in [0.717, 1.165) is 19.3 Å². The molecule has 1 fully saturated rings.